The van der Waals surface area contributed by atoms with Gasteiger partial charge in [0.1, 0.15) is 11.5 Å². The predicted octanol–water partition coefficient (Wildman–Crippen LogP) is 3.03. The van der Waals surface area contributed by atoms with Crippen molar-refractivity contribution >= 4 is 11.4 Å². The first-order valence-electron chi connectivity index (χ1n) is 6.77. The van der Waals surface area contributed by atoms with Gasteiger partial charge in [-0.15, -0.1) is 0 Å². The van der Waals surface area contributed by atoms with Gasteiger partial charge in [-0.3, -0.25) is 4.98 Å². The molecule has 1 atom stereocenters. The highest BCUT2D eigenvalue weighted by Crippen LogP contribution is 2.32. The molecule has 112 valence electrons. The third kappa shape index (κ3) is 3.37. The highest BCUT2D eigenvalue weighted by atomic mass is 16.5. The van der Waals surface area contributed by atoms with Crippen LogP contribution in [0.15, 0.2) is 36.7 Å². The monoisotopic (exact) mass is 287 g/mol. The molecule has 1 unspecified atom stereocenters. The number of hydrogen-bond acceptors (Lipinski definition) is 5. The molecule has 0 spiro atoms. The van der Waals surface area contributed by atoms with Crippen LogP contribution in [-0.2, 0) is 0 Å². The number of phenols is 1. The molecule has 1 aromatic carbocycles. The van der Waals surface area contributed by atoms with Gasteiger partial charge in [0.15, 0.2) is 0 Å². The van der Waals surface area contributed by atoms with Crippen LogP contribution in [0.4, 0.5) is 11.4 Å². The molecule has 0 aliphatic heterocycles. The smallest absolute Gasteiger partial charge is 0.124 e. The lowest BCUT2D eigenvalue weighted by Crippen LogP contribution is -2.14. The van der Waals surface area contributed by atoms with Gasteiger partial charge in [0, 0.05) is 31.9 Å². The minimum Gasteiger partial charge on any atom is -0.507 e. The molecule has 2 aromatic rings. The van der Waals surface area contributed by atoms with E-state index in [1.165, 1.54) is 0 Å². The summed E-state index contributed by atoms with van der Waals surface area (Å²) in [6.45, 7) is 1.99. The zero-order valence-corrected chi connectivity index (χ0v) is 12.8. The van der Waals surface area contributed by atoms with Gasteiger partial charge in [-0.05, 0) is 25.1 Å². The largest absolute Gasteiger partial charge is 0.507 e. The number of aromatic nitrogens is 1. The summed E-state index contributed by atoms with van der Waals surface area (Å²) in [4.78, 5) is 6.17. The number of phenolic OH excluding ortho intramolecular Hbond substituents is 1. The van der Waals surface area contributed by atoms with E-state index in [1.54, 1.807) is 25.6 Å². The van der Waals surface area contributed by atoms with E-state index in [1.807, 2.05) is 44.1 Å². The molecule has 0 saturated carbocycles. The van der Waals surface area contributed by atoms with Crippen molar-refractivity contribution in [2.45, 2.75) is 13.0 Å². The van der Waals surface area contributed by atoms with Gasteiger partial charge >= 0.3 is 0 Å². The summed E-state index contributed by atoms with van der Waals surface area (Å²) in [6, 6.07) is 7.20. The van der Waals surface area contributed by atoms with Gasteiger partial charge in [0.25, 0.3) is 0 Å². The molecular formula is C16H21N3O2. The van der Waals surface area contributed by atoms with Gasteiger partial charge < -0.3 is 20.1 Å². The summed E-state index contributed by atoms with van der Waals surface area (Å²) >= 11 is 0. The molecule has 21 heavy (non-hydrogen) atoms. The van der Waals surface area contributed by atoms with Crippen LogP contribution in [0.3, 0.4) is 0 Å². The van der Waals surface area contributed by atoms with Crippen LogP contribution >= 0.6 is 0 Å². The second kappa shape index (κ2) is 6.35. The van der Waals surface area contributed by atoms with Gasteiger partial charge in [0.2, 0.25) is 0 Å². The van der Waals surface area contributed by atoms with Crippen molar-refractivity contribution in [3.8, 4) is 11.5 Å². The van der Waals surface area contributed by atoms with Crippen LogP contribution in [0, 0.1) is 0 Å². The van der Waals surface area contributed by atoms with Crippen LogP contribution in [0.5, 0.6) is 11.5 Å². The first kappa shape index (κ1) is 15.0. The molecule has 0 saturated heterocycles. The average Bonchev–Trinajstić information content (AvgIpc) is 2.47. The summed E-state index contributed by atoms with van der Waals surface area (Å²) in [6.07, 6.45) is 3.54. The fourth-order valence-electron chi connectivity index (χ4n) is 2.22. The number of hydrogen-bond donors (Lipinski definition) is 2. The molecular weight excluding hydrogens is 266 g/mol. The molecule has 2 rings (SSSR count). The number of pyridine rings is 1. The molecule has 2 N–H and O–H groups in total. The molecule has 0 radical (unpaired) electrons. The minimum atomic E-state index is -0.0567. The number of anilines is 2. The van der Waals surface area contributed by atoms with Gasteiger partial charge in [-0.1, -0.05) is 0 Å². The molecule has 0 amide bonds. The van der Waals surface area contributed by atoms with Crippen molar-refractivity contribution in [3.63, 3.8) is 0 Å². The zero-order chi connectivity index (χ0) is 15.4. The lowest BCUT2D eigenvalue weighted by Gasteiger charge is -2.22. The number of aromatic hydroxyl groups is 1. The van der Waals surface area contributed by atoms with E-state index >= 15 is 0 Å². The van der Waals surface area contributed by atoms with Crippen LogP contribution < -0.4 is 15.0 Å². The number of methoxy groups -OCH3 is 1. The van der Waals surface area contributed by atoms with Crippen LogP contribution in [0.1, 0.15) is 18.5 Å². The summed E-state index contributed by atoms with van der Waals surface area (Å²) < 4.78 is 5.10. The van der Waals surface area contributed by atoms with Crippen molar-refractivity contribution in [1.82, 2.24) is 4.98 Å². The number of nitrogens with one attached hydrogen (secondary N) is 1. The van der Waals surface area contributed by atoms with Crippen LogP contribution in [-0.4, -0.2) is 31.3 Å². The van der Waals surface area contributed by atoms with E-state index in [0.717, 1.165) is 16.9 Å². The van der Waals surface area contributed by atoms with Gasteiger partial charge in [0.05, 0.1) is 30.7 Å². The SMILES string of the molecule is COc1ccc(C(C)Nc2cnccc2N(C)C)c(O)c1. The maximum atomic E-state index is 10.1. The Morgan fingerprint density at radius 3 is 2.67 bits per heavy atom. The van der Waals surface area contributed by atoms with Gasteiger partial charge in [-0.25, -0.2) is 0 Å². The number of nitrogens with zero attached hydrogens (tertiary/aromatic N) is 2. The molecule has 1 aromatic heterocycles. The topological polar surface area (TPSA) is 57.6 Å². The highest BCUT2D eigenvalue weighted by Gasteiger charge is 2.13. The molecule has 0 fully saturated rings. The maximum absolute atomic E-state index is 10.1. The fraction of sp³-hybridized carbons (Fsp3) is 0.312. The average molecular weight is 287 g/mol. The second-order valence-electron chi connectivity index (χ2n) is 5.08. The first-order chi connectivity index (χ1) is 10.0. The van der Waals surface area contributed by atoms with Crippen molar-refractivity contribution in [2.75, 3.05) is 31.4 Å². The van der Waals surface area contributed by atoms with E-state index in [2.05, 4.69) is 10.3 Å². The van der Waals surface area contributed by atoms with E-state index < -0.39 is 0 Å². The lowest BCUT2D eigenvalue weighted by atomic mass is 10.1. The van der Waals surface area contributed by atoms with E-state index in [9.17, 15) is 5.11 Å². The normalized spacial score (nSPS) is 11.8. The third-order valence-electron chi connectivity index (χ3n) is 3.36. The van der Waals surface area contributed by atoms with Crippen molar-refractivity contribution in [3.05, 3.63) is 42.2 Å². The number of benzene rings is 1. The second-order valence-corrected chi connectivity index (χ2v) is 5.08. The Balaban J connectivity index is 2.24. The molecule has 0 aliphatic rings. The summed E-state index contributed by atoms with van der Waals surface area (Å²) in [7, 11) is 5.54. The molecule has 1 heterocycles. The third-order valence-corrected chi connectivity index (χ3v) is 3.36. The molecule has 0 aliphatic carbocycles. The Morgan fingerprint density at radius 1 is 1.29 bits per heavy atom. The van der Waals surface area contributed by atoms with Crippen molar-refractivity contribution < 1.29 is 9.84 Å². The van der Waals surface area contributed by atoms with E-state index in [-0.39, 0.29) is 11.8 Å². The van der Waals surface area contributed by atoms with Crippen LogP contribution in [0.2, 0.25) is 0 Å². The summed E-state index contributed by atoms with van der Waals surface area (Å²) in [5.41, 5.74) is 2.78. The fourth-order valence-corrected chi connectivity index (χ4v) is 2.22. The standard InChI is InChI=1S/C16H21N3O2/c1-11(13-6-5-12(21-4)9-16(13)20)18-14-10-17-8-7-15(14)19(2)3/h5-11,18,20H,1-4H3. The van der Waals surface area contributed by atoms with E-state index in [0.29, 0.717) is 5.75 Å². The zero-order valence-electron chi connectivity index (χ0n) is 12.8. The summed E-state index contributed by atoms with van der Waals surface area (Å²) in [5, 5.41) is 13.5. The predicted molar refractivity (Wildman–Crippen MR) is 85.3 cm³/mol. The van der Waals surface area contributed by atoms with Crippen molar-refractivity contribution in [2.24, 2.45) is 0 Å². The highest BCUT2D eigenvalue weighted by molar-refractivity contribution is 5.68. The Morgan fingerprint density at radius 2 is 2.05 bits per heavy atom. The Hall–Kier alpha value is -2.43. The van der Waals surface area contributed by atoms with Gasteiger partial charge in [-0.2, -0.15) is 0 Å². The molecule has 5 nitrogen and oxygen atoms in total. The lowest BCUT2D eigenvalue weighted by molar-refractivity contribution is 0.406. The number of rotatable bonds is 5. The quantitative estimate of drug-likeness (QED) is 0.885. The molecule has 0 bridgehead atoms. The number of ether oxygens (including phenoxy) is 1. The Bertz CT molecular complexity index is 614. The van der Waals surface area contributed by atoms with Crippen molar-refractivity contribution in [1.29, 1.82) is 0 Å². The van der Waals surface area contributed by atoms with Crippen LogP contribution in [0.25, 0.3) is 0 Å². The maximum Gasteiger partial charge on any atom is 0.124 e. The Kier molecular flexibility index (Phi) is 4.52. The Labute approximate surface area is 125 Å². The minimum absolute atomic E-state index is 0.0567. The summed E-state index contributed by atoms with van der Waals surface area (Å²) in [5.74, 6) is 0.850. The van der Waals surface area contributed by atoms with E-state index in [4.69, 9.17) is 4.74 Å². The molecule has 5 heteroatoms. The first-order valence-corrected chi connectivity index (χ1v) is 6.77.